The second-order valence-electron chi connectivity index (χ2n) is 9.22. The average molecular weight is 518 g/mol. The van der Waals surface area contributed by atoms with Crippen molar-refractivity contribution >= 4 is 5.91 Å². The number of aliphatic hydroxyl groups is 2. The minimum absolute atomic E-state index is 0.0172. The van der Waals surface area contributed by atoms with Gasteiger partial charge in [-0.3, -0.25) is 9.63 Å². The predicted octanol–water partition coefficient (Wildman–Crippen LogP) is 2.24. The number of hydrogen-bond donors (Lipinski definition) is 2. The Kier molecular flexibility index (Phi) is 6.23. The van der Waals surface area contributed by atoms with Gasteiger partial charge < -0.3 is 24.4 Å². The van der Waals surface area contributed by atoms with Crippen molar-refractivity contribution in [1.29, 1.82) is 5.26 Å². The first-order chi connectivity index (χ1) is 18.3. The molecule has 0 saturated heterocycles. The third-order valence-corrected chi connectivity index (χ3v) is 7.58. The Morgan fingerprint density at radius 2 is 1.79 bits per heavy atom. The van der Waals surface area contributed by atoms with Crippen LogP contribution in [0.3, 0.4) is 0 Å². The molecular formula is C28H27N3O7. The summed E-state index contributed by atoms with van der Waals surface area (Å²) in [5.74, 6) is -2.33. The summed E-state index contributed by atoms with van der Waals surface area (Å²) in [4.78, 5) is 23.3. The smallest absolute Gasteiger partial charge is 0.252 e. The molecule has 5 atom stereocenters. The van der Waals surface area contributed by atoms with E-state index in [9.17, 15) is 20.3 Å². The molecule has 2 aromatic carbocycles. The number of nitriles is 1. The molecule has 5 rings (SSSR count). The molecular weight excluding hydrogens is 490 g/mol. The normalized spacial score (nSPS) is 27.0. The van der Waals surface area contributed by atoms with E-state index in [4.69, 9.17) is 19.0 Å². The molecule has 1 amide bonds. The van der Waals surface area contributed by atoms with E-state index in [1.54, 1.807) is 36.4 Å². The Bertz CT molecular complexity index is 1410. The van der Waals surface area contributed by atoms with E-state index in [2.05, 4.69) is 11.1 Å². The number of nitrogens with zero attached hydrogens (tertiary/aromatic N) is 3. The molecule has 1 aromatic heterocycles. The number of pyridine rings is 1. The van der Waals surface area contributed by atoms with E-state index < -0.39 is 35.0 Å². The lowest BCUT2D eigenvalue weighted by atomic mass is 9.70. The van der Waals surface area contributed by atoms with Crippen LogP contribution in [-0.4, -0.2) is 60.6 Å². The Morgan fingerprint density at radius 3 is 2.37 bits per heavy atom. The lowest BCUT2D eigenvalue weighted by Gasteiger charge is -2.40. The van der Waals surface area contributed by atoms with E-state index in [0.29, 0.717) is 16.7 Å². The van der Waals surface area contributed by atoms with Crippen molar-refractivity contribution in [2.45, 2.75) is 23.2 Å². The Labute approximate surface area is 219 Å². The number of rotatable bonds is 6. The van der Waals surface area contributed by atoms with E-state index in [0.717, 1.165) is 5.06 Å². The molecule has 1 aliphatic carbocycles. The van der Waals surface area contributed by atoms with Crippen LogP contribution < -0.4 is 14.2 Å². The quantitative estimate of drug-likeness (QED) is 0.472. The maximum absolute atomic E-state index is 13.7. The number of methoxy groups -OCH3 is 2. The zero-order valence-corrected chi connectivity index (χ0v) is 21.3. The monoisotopic (exact) mass is 517 g/mol. The highest BCUT2D eigenvalue weighted by molar-refractivity contribution is 5.82. The molecule has 0 radical (unpaired) electrons. The van der Waals surface area contributed by atoms with Crippen LogP contribution >= 0.6 is 0 Å². The Balaban J connectivity index is 1.88. The van der Waals surface area contributed by atoms with Gasteiger partial charge in [0.05, 0.1) is 44.4 Å². The van der Waals surface area contributed by atoms with Gasteiger partial charge in [-0.1, -0.05) is 42.5 Å². The molecule has 38 heavy (non-hydrogen) atoms. The summed E-state index contributed by atoms with van der Waals surface area (Å²) in [7, 11) is 5.59. The van der Waals surface area contributed by atoms with Crippen molar-refractivity contribution in [2.75, 3.05) is 28.4 Å². The van der Waals surface area contributed by atoms with Crippen LogP contribution in [0.1, 0.15) is 28.2 Å². The zero-order chi connectivity index (χ0) is 27.2. The maximum Gasteiger partial charge on any atom is 0.252 e. The summed E-state index contributed by atoms with van der Waals surface area (Å²) in [5, 5.41) is 35.2. The first kappa shape index (κ1) is 25.5. The van der Waals surface area contributed by atoms with Gasteiger partial charge in [-0.2, -0.15) is 10.2 Å². The molecule has 2 aliphatic rings. The van der Waals surface area contributed by atoms with E-state index >= 15 is 0 Å². The lowest BCUT2D eigenvalue weighted by Crippen LogP contribution is -2.52. The number of ether oxygens (including phenoxy) is 3. The second kappa shape index (κ2) is 9.29. The summed E-state index contributed by atoms with van der Waals surface area (Å²) in [5.41, 5.74) is -2.38. The van der Waals surface area contributed by atoms with Crippen molar-refractivity contribution in [3.8, 4) is 23.6 Å². The Hall–Kier alpha value is -4.17. The number of hydrogen-bond acceptors (Lipinski definition) is 9. The molecule has 1 saturated carbocycles. The van der Waals surface area contributed by atoms with Crippen molar-refractivity contribution in [3.05, 3.63) is 82.9 Å². The van der Waals surface area contributed by atoms with Crippen LogP contribution in [0.4, 0.5) is 0 Å². The van der Waals surface area contributed by atoms with Gasteiger partial charge in [-0.25, -0.2) is 5.06 Å². The predicted molar refractivity (Wildman–Crippen MR) is 133 cm³/mol. The third kappa shape index (κ3) is 3.29. The fourth-order valence-corrected chi connectivity index (χ4v) is 5.89. The molecule has 0 bridgehead atoms. The number of fused-ring (bicyclic) bond motifs is 3. The minimum atomic E-state index is -2.21. The molecule has 0 spiro atoms. The summed E-state index contributed by atoms with van der Waals surface area (Å²) in [6.07, 6.45) is -1.68. The maximum atomic E-state index is 13.7. The van der Waals surface area contributed by atoms with Crippen molar-refractivity contribution in [3.63, 3.8) is 0 Å². The van der Waals surface area contributed by atoms with E-state index in [1.165, 1.54) is 34.4 Å². The molecule has 0 unspecified atom stereocenters. The molecule has 2 heterocycles. The van der Waals surface area contributed by atoms with Gasteiger partial charge >= 0.3 is 0 Å². The van der Waals surface area contributed by atoms with Crippen molar-refractivity contribution in [1.82, 2.24) is 10.0 Å². The number of hydroxylamine groups is 2. The van der Waals surface area contributed by atoms with Gasteiger partial charge in [0.15, 0.2) is 11.2 Å². The molecule has 10 heteroatoms. The number of carbonyl (C=O) groups excluding carboxylic acids is 1. The van der Waals surface area contributed by atoms with Crippen LogP contribution in [0.15, 0.2) is 60.7 Å². The standard InChI is InChI=1S/C28H27N3O7/c1-31(37-4)26(33)21-22(17-8-6-5-7-9-17)28(18-12-10-16(15-29)11-13-18)27(34,24(21)32)23-19(38-28)14-20(35-2)30-25(23)36-3/h5-14,21-22,24,32,34H,1-4H3/t21-,22-,24-,27+,28+/m1/s1. The Morgan fingerprint density at radius 1 is 1.11 bits per heavy atom. The molecule has 10 nitrogen and oxygen atoms in total. The molecule has 2 N–H and O–H groups in total. The molecule has 1 aliphatic heterocycles. The highest BCUT2D eigenvalue weighted by Crippen LogP contribution is 2.70. The molecule has 3 aromatic rings. The fourth-order valence-electron chi connectivity index (χ4n) is 5.89. The highest BCUT2D eigenvalue weighted by Gasteiger charge is 2.78. The molecule has 1 fully saturated rings. The highest BCUT2D eigenvalue weighted by atomic mass is 16.7. The van der Waals surface area contributed by atoms with E-state index in [1.807, 2.05) is 18.2 Å². The summed E-state index contributed by atoms with van der Waals surface area (Å²) < 4.78 is 17.6. The zero-order valence-electron chi connectivity index (χ0n) is 21.3. The van der Waals surface area contributed by atoms with Crippen molar-refractivity contribution in [2.24, 2.45) is 5.92 Å². The fraction of sp³-hybridized carbons (Fsp3) is 0.321. The van der Waals surface area contributed by atoms with Gasteiger partial charge in [-0.05, 0) is 23.3 Å². The number of aromatic nitrogens is 1. The number of benzene rings is 2. The first-order valence-corrected chi connectivity index (χ1v) is 11.9. The first-order valence-electron chi connectivity index (χ1n) is 11.9. The van der Waals surface area contributed by atoms with Crippen LogP contribution in [0.25, 0.3) is 0 Å². The van der Waals surface area contributed by atoms with Gasteiger partial charge in [0.2, 0.25) is 11.8 Å². The minimum Gasteiger partial charge on any atom is -0.481 e. The van der Waals surface area contributed by atoms with Crippen LogP contribution in [-0.2, 0) is 20.8 Å². The van der Waals surface area contributed by atoms with Crippen LogP contribution in [0.2, 0.25) is 0 Å². The largest absolute Gasteiger partial charge is 0.481 e. The SMILES string of the molecule is COc1cc2c(c(OC)n1)[C@]1(O)[C@H](O)[C@H](C(=O)N(C)OC)[C@@H](c3ccccc3)[C@]1(c1ccc(C#N)cc1)O2. The third-order valence-electron chi connectivity index (χ3n) is 7.58. The molecule has 196 valence electrons. The number of carbonyl (C=O) groups is 1. The topological polar surface area (TPSA) is 134 Å². The van der Waals surface area contributed by atoms with Gasteiger partial charge in [0.1, 0.15) is 11.9 Å². The summed E-state index contributed by atoms with van der Waals surface area (Å²) >= 11 is 0. The average Bonchev–Trinajstić information content (AvgIpc) is 3.34. The van der Waals surface area contributed by atoms with Crippen LogP contribution in [0, 0.1) is 17.2 Å². The summed E-state index contributed by atoms with van der Waals surface area (Å²) in [6.45, 7) is 0. The second-order valence-corrected chi connectivity index (χ2v) is 9.22. The van der Waals surface area contributed by atoms with Gasteiger partial charge in [0.25, 0.3) is 5.91 Å². The van der Waals surface area contributed by atoms with E-state index in [-0.39, 0.29) is 23.1 Å². The van der Waals surface area contributed by atoms with Crippen LogP contribution in [0.5, 0.6) is 17.5 Å². The van der Waals surface area contributed by atoms with Gasteiger partial charge in [-0.15, -0.1) is 0 Å². The number of aliphatic hydroxyl groups excluding tert-OH is 1. The number of amides is 1. The summed E-state index contributed by atoms with van der Waals surface area (Å²) in [6, 6.07) is 19.2. The lowest BCUT2D eigenvalue weighted by molar-refractivity contribution is -0.181. The van der Waals surface area contributed by atoms with Gasteiger partial charge in [0, 0.05) is 19.0 Å². The van der Waals surface area contributed by atoms with Crippen molar-refractivity contribution < 1.29 is 34.1 Å².